The molecule has 0 spiro atoms. The molecule has 0 bridgehead atoms. The second kappa shape index (κ2) is 10.1. The molecule has 0 aliphatic heterocycles. The van der Waals surface area contributed by atoms with Gasteiger partial charge < -0.3 is 19.2 Å². The number of hydrogen-bond donors (Lipinski definition) is 2. The van der Waals surface area contributed by atoms with Crippen molar-refractivity contribution in [2.24, 2.45) is 0 Å². The Balaban J connectivity index is 2.85. The molecule has 0 radical (unpaired) electrons. The van der Waals surface area contributed by atoms with E-state index in [0.717, 1.165) is 61.3 Å². The van der Waals surface area contributed by atoms with Crippen LogP contribution < -0.4 is 0 Å². The van der Waals surface area contributed by atoms with Crippen molar-refractivity contribution < 1.29 is 19.2 Å². The molecule has 0 unspecified atom stereocenters. The highest BCUT2D eigenvalue weighted by atomic mass is 16.3. The molecule has 1 aromatic carbocycles. The lowest BCUT2D eigenvalue weighted by Gasteiger charge is -2.37. The fourth-order valence-electron chi connectivity index (χ4n) is 3.63. The Bertz CT molecular complexity index is 408. The molecule has 0 aliphatic carbocycles. The third kappa shape index (κ3) is 5.55. The van der Waals surface area contributed by atoms with Crippen molar-refractivity contribution in [2.75, 3.05) is 52.5 Å². The predicted octanol–water partition coefficient (Wildman–Crippen LogP) is 2.38. The maximum atomic E-state index is 9.38. The van der Waals surface area contributed by atoms with E-state index in [9.17, 15) is 10.2 Å². The minimum Gasteiger partial charge on any atom is -0.391 e. The summed E-state index contributed by atoms with van der Waals surface area (Å²) in [6, 6.07) is 8.96. The minimum atomic E-state index is 0.244. The van der Waals surface area contributed by atoms with Crippen molar-refractivity contribution >= 4 is 0 Å². The van der Waals surface area contributed by atoms with Gasteiger partial charge in [-0.15, -0.1) is 0 Å². The van der Waals surface area contributed by atoms with Gasteiger partial charge in [0.15, 0.2) is 0 Å². The van der Waals surface area contributed by atoms with E-state index in [0.29, 0.717) is 0 Å². The van der Waals surface area contributed by atoms with E-state index in [2.05, 4.69) is 52.0 Å². The highest BCUT2D eigenvalue weighted by molar-refractivity contribution is 5.21. The van der Waals surface area contributed by atoms with E-state index in [4.69, 9.17) is 0 Å². The molecule has 0 fully saturated rings. The van der Waals surface area contributed by atoms with Gasteiger partial charge in [-0.3, -0.25) is 0 Å². The van der Waals surface area contributed by atoms with Gasteiger partial charge in [-0.25, -0.2) is 0 Å². The summed E-state index contributed by atoms with van der Waals surface area (Å²) in [7, 11) is 0. The number of likely N-dealkylation sites (N-methyl/N-ethyl adjacent to an activating group) is 2. The summed E-state index contributed by atoms with van der Waals surface area (Å²) in [4.78, 5) is 0. The fourth-order valence-corrected chi connectivity index (χ4v) is 3.63. The first kappa shape index (κ1) is 21.1. The molecular formula is C20H38N2O2+2. The predicted molar refractivity (Wildman–Crippen MR) is 100 cm³/mol. The Labute approximate surface area is 148 Å². The number of nitrogens with zero attached hydrogens (tertiary/aromatic N) is 2. The van der Waals surface area contributed by atoms with Crippen molar-refractivity contribution in [1.29, 1.82) is 0 Å². The molecule has 24 heavy (non-hydrogen) atoms. The van der Waals surface area contributed by atoms with Gasteiger partial charge in [-0.1, -0.05) is 24.3 Å². The van der Waals surface area contributed by atoms with Crippen molar-refractivity contribution in [2.45, 2.75) is 40.8 Å². The summed E-state index contributed by atoms with van der Waals surface area (Å²) >= 11 is 0. The second-order valence-electron chi connectivity index (χ2n) is 6.98. The van der Waals surface area contributed by atoms with Crippen LogP contribution in [0.5, 0.6) is 0 Å². The van der Waals surface area contributed by atoms with Crippen LogP contribution in [0.2, 0.25) is 0 Å². The zero-order chi connectivity index (χ0) is 18.1. The number of benzene rings is 1. The molecule has 0 heterocycles. The molecule has 1 aromatic rings. The van der Waals surface area contributed by atoms with E-state index in [1.54, 1.807) is 0 Å². The van der Waals surface area contributed by atoms with Crippen molar-refractivity contribution in [3.8, 4) is 0 Å². The van der Waals surface area contributed by atoms with Crippen molar-refractivity contribution in [3.05, 3.63) is 35.4 Å². The summed E-state index contributed by atoms with van der Waals surface area (Å²) in [5.41, 5.74) is 2.67. The lowest BCUT2D eigenvalue weighted by molar-refractivity contribution is -0.938. The molecular weight excluding hydrogens is 300 g/mol. The molecule has 0 aliphatic rings. The topological polar surface area (TPSA) is 40.5 Å². The highest BCUT2D eigenvalue weighted by Gasteiger charge is 2.25. The molecule has 4 nitrogen and oxygen atoms in total. The summed E-state index contributed by atoms with van der Waals surface area (Å²) in [5, 5.41) is 18.8. The molecule has 2 N–H and O–H groups in total. The smallest absolute Gasteiger partial charge is 0.104 e. The van der Waals surface area contributed by atoms with Gasteiger partial charge in [-0.05, 0) is 27.7 Å². The molecule has 138 valence electrons. The number of hydrogen-bond acceptors (Lipinski definition) is 2. The van der Waals surface area contributed by atoms with Crippen molar-refractivity contribution in [3.63, 3.8) is 0 Å². The molecule has 4 heteroatoms. The first-order valence-electron chi connectivity index (χ1n) is 9.52. The first-order chi connectivity index (χ1) is 11.5. The Kier molecular flexibility index (Phi) is 8.92. The van der Waals surface area contributed by atoms with E-state index in [-0.39, 0.29) is 13.2 Å². The standard InChI is InChI=1S/C20H38N2O2/c1-5-21(6-2,13-15-23)17-19-9-11-20(12-10-19)18-22(7-3,8-4)14-16-24/h9-12,23-24H,5-8,13-18H2,1-4H3/q+2. The summed E-state index contributed by atoms with van der Waals surface area (Å²) in [6.07, 6.45) is 0. The van der Waals surface area contributed by atoms with Crippen LogP contribution in [0.4, 0.5) is 0 Å². The number of quaternary nitrogens is 2. The van der Waals surface area contributed by atoms with Crippen LogP contribution in [0.1, 0.15) is 38.8 Å². The normalized spacial score (nSPS) is 12.6. The number of aliphatic hydroxyl groups excluding tert-OH is 2. The lowest BCUT2D eigenvalue weighted by atomic mass is 10.1. The second-order valence-corrected chi connectivity index (χ2v) is 6.98. The van der Waals surface area contributed by atoms with Gasteiger partial charge in [0.1, 0.15) is 26.2 Å². The zero-order valence-electron chi connectivity index (χ0n) is 16.2. The van der Waals surface area contributed by atoms with Gasteiger partial charge >= 0.3 is 0 Å². The molecule has 0 aromatic heterocycles. The van der Waals surface area contributed by atoms with E-state index < -0.39 is 0 Å². The molecule has 1 rings (SSSR count). The lowest BCUT2D eigenvalue weighted by Crippen LogP contribution is -2.49. The quantitative estimate of drug-likeness (QED) is 0.575. The van der Waals surface area contributed by atoms with E-state index >= 15 is 0 Å². The van der Waals surface area contributed by atoms with Gasteiger partial charge in [0, 0.05) is 11.1 Å². The van der Waals surface area contributed by atoms with Crippen LogP contribution in [-0.2, 0) is 13.1 Å². The SMILES string of the molecule is CC[N+](CC)(CCO)Cc1ccc(C[N+](CC)(CC)CCO)cc1. The van der Waals surface area contributed by atoms with E-state index in [1.165, 1.54) is 11.1 Å². The van der Waals surface area contributed by atoms with Crippen molar-refractivity contribution in [1.82, 2.24) is 0 Å². The monoisotopic (exact) mass is 338 g/mol. The maximum Gasteiger partial charge on any atom is 0.104 e. The largest absolute Gasteiger partial charge is 0.391 e. The van der Waals surface area contributed by atoms with Crippen LogP contribution in [0.3, 0.4) is 0 Å². The Morgan fingerprint density at radius 3 is 1.12 bits per heavy atom. The average molecular weight is 339 g/mol. The van der Waals surface area contributed by atoms with E-state index in [1.807, 2.05) is 0 Å². The number of aliphatic hydroxyl groups is 2. The fraction of sp³-hybridized carbons (Fsp3) is 0.700. The van der Waals surface area contributed by atoms with Gasteiger partial charge in [0.2, 0.25) is 0 Å². The Morgan fingerprint density at radius 1 is 0.625 bits per heavy atom. The van der Waals surface area contributed by atoms with Crippen LogP contribution in [0.25, 0.3) is 0 Å². The molecule has 0 saturated carbocycles. The van der Waals surface area contributed by atoms with Gasteiger partial charge in [0.25, 0.3) is 0 Å². The maximum absolute atomic E-state index is 9.38. The third-order valence-electron chi connectivity index (χ3n) is 5.89. The highest BCUT2D eigenvalue weighted by Crippen LogP contribution is 2.18. The average Bonchev–Trinajstić information content (AvgIpc) is 2.62. The third-order valence-corrected chi connectivity index (χ3v) is 5.89. The van der Waals surface area contributed by atoms with Crippen LogP contribution in [0, 0.1) is 0 Å². The minimum absolute atomic E-state index is 0.244. The molecule has 0 amide bonds. The van der Waals surface area contributed by atoms with Crippen LogP contribution in [0.15, 0.2) is 24.3 Å². The summed E-state index contributed by atoms with van der Waals surface area (Å²) in [5.74, 6) is 0. The van der Waals surface area contributed by atoms with Crippen LogP contribution in [-0.4, -0.2) is 71.7 Å². The summed E-state index contributed by atoms with van der Waals surface area (Å²) < 4.78 is 1.87. The van der Waals surface area contributed by atoms with Crippen LogP contribution >= 0.6 is 0 Å². The molecule has 0 saturated heterocycles. The zero-order valence-corrected chi connectivity index (χ0v) is 16.2. The number of rotatable bonds is 12. The Morgan fingerprint density at radius 2 is 0.917 bits per heavy atom. The van der Waals surface area contributed by atoms with Gasteiger partial charge in [-0.2, -0.15) is 0 Å². The van der Waals surface area contributed by atoms with Gasteiger partial charge in [0.05, 0.1) is 39.4 Å². The summed E-state index contributed by atoms with van der Waals surface area (Å²) in [6.45, 7) is 17.1. The Hall–Kier alpha value is -0.940. The molecule has 0 atom stereocenters. The first-order valence-corrected chi connectivity index (χ1v) is 9.52.